The second-order valence-corrected chi connectivity index (χ2v) is 2.79. The maximum atomic E-state index is 5.50. The van der Waals surface area contributed by atoms with E-state index in [1.54, 1.807) is 0 Å². The van der Waals surface area contributed by atoms with Crippen LogP contribution in [0.5, 0.6) is 5.75 Å². The normalized spacial score (nSPS) is 9.69. The van der Waals surface area contributed by atoms with Crippen LogP contribution in [-0.2, 0) is 6.42 Å². The van der Waals surface area contributed by atoms with Gasteiger partial charge >= 0.3 is 0 Å². The molecule has 0 aromatic heterocycles. The van der Waals surface area contributed by atoms with Crippen molar-refractivity contribution in [1.29, 1.82) is 0 Å². The summed E-state index contributed by atoms with van der Waals surface area (Å²) in [6.07, 6.45) is 3.84. The van der Waals surface area contributed by atoms with E-state index in [9.17, 15) is 0 Å². The molecule has 1 aromatic carbocycles. The molecule has 0 spiro atoms. The van der Waals surface area contributed by atoms with E-state index in [1.165, 1.54) is 5.56 Å². The van der Waals surface area contributed by atoms with Crippen LogP contribution < -0.4 is 4.74 Å². The molecule has 0 heterocycles. The molecule has 0 amide bonds. The Bertz CT molecular complexity index is 289. The van der Waals surface area contributed by atoms with Gasteiger partial charge in [0, 0.05) is 0 Å². The van der Waals surface area contributed by atoms with Crippen LogP contribution >= 0.6 is 0 Å². The van der Waals surface area contributed by atoms with Crippen molar-refractivity contribution in [3.05, 3.63) is 42.0 Å². The molecule has 1 aromatic rings. The van der Waals surface area contributed by atoms with Gasteiger partial charge in [-0.2, -0.15) is 0 Å². The molecule has 0 aliphatic heterocycles. The van der Waals surface area contributed by atoms with Crippen LogP contribution in [0.2, 0.25) is 0 Å². The smallest absolute Gasteiger partial charge is 0.123 e. The summed E-state index contributed by atoms with van der Waals surface area (Å²) in [5.41, 5.74) is 2.22. The monoisotopic (exact) mass is 175 g/mol. The number of hydrogen-bond donors (Lipinski definition) is 0. The molecule has 0 saturated heterocycles. The summed E-state index contributed by atoms with van der Waals surface area (Å²) in [5, 5.41) is 0. The summed E-state index contributed by atoms with van der Waals surface area (Å²) in [7, 11) is 0. The lowest BCUT2D eigenvalue weighted by molar-refractivity contribution is 0.336. The fourth-order valence-electron chi connectivity index (χ4n) is 1.25. The largest absolute Gasteiger partial charge is 0.494 e. The second kappa shape index (κ2) is 4.70. The van der Waals surface area contributed by atoms with E-state index in [0.717, 1.165) is 17.7 Å². The van der Waals surface area contributed by atoms with Crippen molar-refractivity contribution in [1.82, 2.24) is 0 Å². The Hall–Kier alpha value is -1.24. The van der Waals surface area contributed by atoms with Gasteiger partial charge in [0.1, 0.15) is 5.75 Å². The maximum absolute atomic E-state index is 5.50. The molecular weight excluding hydrogens is 160 g/mol. The molecule has 69 valence electrons. The maximum Gasteiger partial charge on any atom is 0.123 e. The van der Waals surface area contributed by atoms with Gasteiger partial charge in [-0.25, -0.2) is 0 Å². The third-order valence-corrected chi connectivity index (χ3v) is 1.95. The Labute approximate surface area is 80.0 Å². The first-order valence-corrected chi connectivity index (χ1v) is 4.60. The van der Waals surface area contributed by atoms with Gasteiger partial charge in [-0.05, 0) is 36.6 Å². The van der Waals surface area contributed by atoms with Crippen molar-refractivity contribution in [3.8, 4) is 5.75 Å². The Balaban J connectivity index is 3.02. The molecule has 1 radical (unpaired) electrons. The topological polar surface area (TPSA) is 9.23 Å². The van der Waals surface area contributed by atoms with Gasteiger partial charge in [-0.3, -0.25) is 0 Å². The van der Waals surface area contributed by atoms with Crippen LogP contribution in [-0.4, -0.2) is 6.61 Å². The molecule has 0 bridgehead atoms. The highest BCUT2D eigenvalue weighted by molar-refractivity contribution is 5.39. The molecule has 0 N–H and O–H groups in total. The zero-order valence-electron chi connectivity index (χ0n) is 8.26. The highest BCUT2D eigenvalue weighted by atomic mass is 16.5. The van der Waals surface area contributed by atoms with Crippen LogP contribution in [0.1, 0.15) is 25.0 Å². The molecule has 1 nitrogen and oxygen atoms in total. The first-order valence-electron chi connectivity index (χ1n) is 4.60. The molecule has 0 unspecified atom stereocenters. The quantitative estimate of drug-likeness (QED) is 0.683. The van der Waals surface area contributed by atoms with E-state index in [-0.39, 0.29) is 0 Å². The summed E-state index contributed by atoms with van der Waals surface area (Å²) >= 11 is 0. The summed E-state index contributed by atoms with van der Waals surface area (Å²) in [4.78, 5) is 0. The third kappa shape index (κ3) is 2.35. The molecular formula is C12H15O. The van der Waals surface area contributed by atoms with Crippen LogP contribution in [0.15, 0.2) is 24.8 Å². The highest BCUT2D eigenvalue weighted by Crippen LogP contribution is 2.20. The molecule has 1 rings (SSSR count). The average Bonchev–Trinajstić information content (AvgIpc) is 2.18. The van der Waals surface area contributed by atoms with Crippen LogP contribution in [0.4, 0.5) is 0 Å². The first-order chi connectivity index (χ1) is 6.31. The minimum Gasteiger partial charge on any atom is -0.494 e. The SMILES string of the molecule is C=[C]c1ccc(CC)c(OCC)c1. The Morgan fingerprint density at radius 3 is 2.69 bits per heavy atom. The van der Waals surface area contributed by atoms with Crippen LogP contribution in [0.3, 0.4) is 0 Å². The fourth-order valence-corrected chi connectivity index (χ4v) is 1.25. The van der Waals surface area contributed by atoms with Gasteiger partial charge in [0.15, 0.2) is 0 Å². The van der Waals surface area contributed by atoms with Crippen molar-refractivity contribution in [2.45, 2.75) is 20.3 Å². The molecule has 0 aliphatic rings. The van der Waals surface area contributed by atoms with Crippen molar-refractivity contribution in [3.63, 3.8) is 0 Å². The zero-order valence-corrected chi connectivity index (χ0v) is 8.26. The fraction of sp³-hybridized carbons (Fsp3) is 0.333. The molecule has 1 heteroatoms. The summed E-state index contributed by atoms with van der Waals surface area (Å²) in [6.45, 7) is 8.42. The summed E-state index contributed by atoms with van der Waals surface area (Å²) in [6, 6.07) is 6.06. The Morgan fingerprint density at radius 2 is 2.15 bits per heavy atom. The minimum atomic E-state index is 0.702. The van der Waals surface area contributed by atoms with Gasteiger partial charge in [0.05, 0.1) is 6.61 Å². The Morgan fingerprint density at radius 1 is 1.38 bits per heavy atom. The first kappa shape index (κ1) is 9.85. The predicted molar refractivity (Wildman–Crippen MR) is 55.0 cm³/mol. The van der Waals surface area contributed by atoms with Crippen molar-refractivity contribution in [2.24, 2.45) is 0 Å². The summed E-state index contributed by atoms with van der Waals surface area (Å²) in [5.74, 6) is 0.957. The number of rotatable bonds is 4. The molecule has 13 heavy (non-hydrogen) atoms. The lowest BCUT2D eigenvalue weighted by Crippen LogP contribution is -1.96. The van der Waals surface area contributed by atoms with Crippen molar-refractivity contribution < 1.29 is 4.74 Å². The highest BCUT2D eigenvalue weighted by Gasteiger charge is 2.01. The van der Waals surface area contributed by atoms with Gasteiger partial charge in [0.25, 0.3) is 0 Å². The van der Waals surface area contributed by atoms with E-state index in [0.29, 0.717) is 6.61 Å². The lowest BCUT2D eigenvalue weighted by atomic mass is 10.1. The zero-order chi connectivity index (χ0) is 9.68. The van der Waals surface area contributed by atoms with Gasteiger partial charge in [-0.1, -0.05) is 25.6 Å². The third-order valence-electron chi connectivity index (χ3n) is 1.95. The average molecular weight is 175 g/mol. The number of ether oxygens (including phenoxy) is 1. The molecule has 0 aliphatic carbocycles. The van der Waals surface area contributed by atoms with Crippen LogP contribution in [0.25, 0.3) is 0 Å². The standard InChI is InChI=1S/C12H15O/c1-4-10-7-8-11(5-2)12(9-10)13-6-3/h7-9H,1,5-6H2,2-3H3. The number of benzene rings is 1. The predicted octanol–water partition coefficient (Wildman–Crippen LogP) is 2.98. The van der Waals surface area contributed by atoms with Crippen molar-refractivity contribution >= 4 is 0 Å². The van der Waals surface area contributed by atoms with E-state index < -0.39 is 0 Å². The molecule has 0 saturated carbocycles. The minimum absolute atomic E-state index is 0.702. The van der Waals surface area contributed by atoms with Crippen LogP contribution in [0, 0.1) is 6.08 Å². The van der Waals surface area contributed by atoms with Gasteiger partial charge in [-0.15, -0.1) is 0 Å². The Kier molecular flexibility index (Phi) is 3.56. The van der Waals surface area contributed by atoms with Crippen molar-refractivity contribution in [2.75, 3.05) is 6.61 Å². The van der Waals surface area contributed by atoms with Gasteiger partial charge < -0.3 is 4.74 Å². The summed E-state index contributed by atoms with van der Waals surface area (Å²) < 4.78 is 5.50. The number of aryl methyl sites for hydroxylation is 1. The van der Waals surface area contributed by atoms with E-state index >= 15 is 0 Å². The van der Waals surface area contributed by atoms with Gasteiger partial charge in [0.2, 0.25) is 0 Å². The van der Waals surface area contributed by atoms with E-state index in [1.807, 2.05) is 19.1 Å². The second-order valence-electron chi connectivity index (χ2n) is 2.79. The van der Waals surface area contributed by atoms with E-state index in [2.05, 4.69) is 25.6 Å². The number of hydrogen-bond acceptors (Lipinski definition) is 1. The molecule has 0 atom stereocenters. The van der Waals surface area contributed by atoms with E-state index in [4.69, 9.17) is 4.74 Å². The lowest BCUT2D eigenvalue weighted by Gasteiger charge is -2.08. The molecule has 0 fully saturated rings.